The van der Waals surface area contributed by atoms with Crippen molar-refractivity contribution in [3.05, 3.63) is 65.2 Å². The molecule has 3 heterocycles. The Kier molecular flexibility index (Phi) is 6.05. The highest BCUT2D eigenvalue weighted by Crippen LogP contribution is 2.36. The number of hydrogen-bond acceptors (Lipinski definition) is 4. The summed E-state index contributed by atoms with van der Waals surface area (Å²) in [6, 6.07) is 9.87. The van der Waals surface area contributed by atoms with Crippen LogP contribution in [0.5, 0.6) is 0 Å². The Morgan fingerprint density at radius 3 is 2.52 bits per heavy atom. The summed E-state index contributed by atoms with van der Waals surface area (Å²) in [5, 5.41) is 0. The van der Waals surface area contributed by atoms with E-state index in [1.165, 1.54) is 6.07 Å². The molecule has 1 atom stereocenters. The van der Waals surface area contributed by atoms with Crippen LogP contribution in [0.15, 0.2) is 42.6 Å². The van der Waals surface area contributed by atoms with E-state index in [2.05, 4.69) is 4.98 Å². The largest absolute Gasteiger partial charge is 0.378 e. The molecule has 2 aliphatic rings. The third-order valence-electron chi connectivity index (χ3n) is 6.27. The molecule has 7 heteroatoms. The number of halogens is 1. The van der Waals surface area contributed by atoms with Gasteiger partial charge in [-0.05, 0) is 44.9 Å². The highest BCUT2D eigenvalue weighted by Gasteiger charge is 2.41. The molecule has 0 N–H and O–H groups in total. The summed E-state index contributed by atoms with van der Waals surface area (Å²) in [5.74, 6) is -0.543. The summed E-state index contributed by atoms with van der Waals surface area (Å²) >= 11 is 0. The Balaban J connectivity index is 1.52. The van der Waals surface area contributed by atoms with E-state index in [0.717, 1.165) is 18.5 Å². The molecule has 4 rings (SSSR count). The number of pyridine rings is 1. The number of carbonyl (C=O) groups excluding carboxylic acids is 2. The summed E-state index contributed by atoms with van der Waals surface area (Å²) in [4.78, 5) is 34.2. The van der Waals surface area contributed by atoms with E-state index >= 15 is 0 Å². The number of morpholine rings is 1. The van der Waals surface area contributed by atoms with Gasteiger partial charge in [0.25, 0.3) is 5.91 Å². The van der Waals surface area contributed by atoms with E-state index < -0.39 is 5.41 Å². The van der Waals surface area contributed by atoms with E-state index in [9.17, 15) is 14.0 Å². The first-order chi connectivity index (χ1) is 14.9. The van der Waals surface area contributed by atoms with Crippen LogP contribution in [0.1, 0.15) is 54.3 Å². The zero-order valence-electron chi connectivity index (χ0n) is 18.0. The minimum Gasteiger partial charge on any atom is -0.378 e. The molecule has 0 unspecified atom stereocenters. The maximum atomic E-state index is 14.4. The lowest BCUT2D eigenvalue weighted by molar-refractivity contribution is -0.137. The quantitative estimate of drug-likeness (QED) is 0.754. The first kappa shape index (κ1) is 21.4. The van der Waals surface area contributed by atoms with Gasteiger partial charge in [0, 0.05) is 31.4 Å². The molecular formula is C24H28FN3O3. The molecule has 6 nitrogen and oxygen atoms in total. The van der Waals surface area contributed by atoms with Crippen LogP contribution in [0.3, 0.4) is 0 Å². The van der Waals surface area contributed by atoms with Crippen LogP contribution in [0.25, 0.3) is 0 Å². The van der Waals surface area contributed by atoms with Gasteiger partial charge in [0.15, 0.2) is 0 Å². The highest BCUT2D eigenvalue weighted by molar-refractivity contribution is 5.94. The zero-order valence-corrected chi connectivity index (χ0v) is 18.0. The van der Waals surface area contributed by atoms with Crippen molar-refractivity contribution < 1.29 is 18.7 Å². The molecule has 2 fully saturated rings. The molecule has 0 aliphatic carbocycles. The Hall–Kier alpha value is -2.80. The van der Waals surface area contributed by atoms with Crippen molar-refractivity contribution in [3.63, 3.8) is 0 Å². The predicted octanol–water partition coefficient (Wildman–Crippen LogP) is 3.33. The monoisotopic (exact) mass is 425 g/mol. The van der Waals surface area contributed by atoms with Crippen molar-refractivity contribution in [3.8, 4) is 0 Å². The summed E-state index contributed by atoms with van der Waals surface area (Å²) < 4.78 is 19.7. The van der Waals surface area contributed by atoms with Crippen molar-refractivity contribution in [2.24, 2.45) is 0 Å². The van der Waals surface area contributed by atoms with E-state index in [1.54, 1.807) is 54.1 Å². The van der Waals surface area contributed by atoms with Gasteiger partial charge < -0.3 is 14.5 Å². The molecule has 164 valence electrons. The number of amides is 2. The molecule has 1 aromatic heterocycles. The van der Waals surface area contributed by atoms with E-state index in [0.29, 0.717) is 44.0 Å². The highest BCUT2D eigenvalue weighted by atomic mass is 19.1. The van der Waals surface area contributed by atoms with Gasteiger partial charge in [0.05, 0.1) is 35.9 Å². The van der Waals surface area contributed by atoms with Crippen molar-refractivity contribution in [1.29, 1.82) is 0 Å². The van der Waals surface area contributed by atoms with Crippen LogP contribution in [0.4, 0.5) is 4.39 Å². The lowest BCUT2D eigenvalue weighted by Crippen LogP contribution is -2.43. The molecule has 0 saturated carbocycles. The lowest BCUT2D eigenvalue weighted by Gasteiger charge is -2.33. The molecule has 0 spiro atoms. The third kappa shape index (κ3) is 4.19. The number of carbonyl (C=O) groups is 2. The minimum absolute atomic E-state index is 0.0533. The first-order valence-electron chi connectivity index (χ1n) is 10.8. The first-order valence-corrected chi connectivity index (χ1v) is 10.8. The van der Waals surface area contributed by atoms with Crippen LogP contribution in [0.2, 0.25) is 0 Å². The standard InChI is InChI=1S/C24H28FN3O3/c1-24(2,18-6-3-4-7-19(18)25)23(30)28-11-5-8-21(28)20-10-9-17(16-26-20)22(29)27-12-14-31-15-13-27/h3-4,6-7,9-10,16,21H,5,8,11-15H2,1-2H3/t21-/m1/s1. The molecule has 0 radical (unpaired) electrons. The SMILES string of the molecule is CC(C)(C(=O)N1CCC[C@@H]1c1ccc(C(=O)N2CCOCC2)cn1)c1ccccc1F. The number of aromatic nitrogens is 1. The molecule has 2 amide bonds. The van der Waals surface area contributed by atoms with Crippen molar-refractivity contribution in [2.75, 3.05) is 32.8 Å². The number of benzene rings is 1. The predicted molar refractivity (Wildman–Crippen MR) is 114 cm³/mol. The third-order valence-corrected chi connectivity index (χ3v) is 6.27. The van der Waals surface area contributed by atoms with Gasteiger partial charge in [-0.1, -0.05) is 18.2 Å². The van der Waals surface area contributed by atoms with Crippen molar-refractivity contribution in [2.45, 2.75) is 38.1 Å². The molecule has 31 heavy (non-hydrogen) atoms. The van der Waals surface area contributed by atoms with Gasteiger partial charge >= 0.3 is 0 Å². The topological polar surface area (TPSA) is 62.7 Å². The zero-order chi connectivity index (χ0) is 22.0. The van der Waals surface area contributed by atoms with E-state index in [1.807, 2.05) is 6.07 Å². The van der Waals surface area contributed by atoms with Crippen LogP contribution in [0, 0.1) is 5.82 Å². The summed E-state index contributed by atoms with van der Waals surface area (Å²) in [7, 11) is 0. The van der Waals surface area contributed by atoms with Gasteiger partial charge in [0.2, 0.25) is 5.91 Å². The molecule has 2 aliphatic heterocycles. The van der Waals surface area contributed by atoms with Gasteiger partial charge in [-0.2, -0.15) is 0 Å². The molecule has 1 aromatic carbocycles. The number of hydrogen-bond donors (Lipinski definition) is 0. The number of rotatable bonds is 4. The van der Waals surface area contributed by atoms with Crippen molar-refractivity contribution in [1.82, 2.24) is 14.8 Å². The summed E-state index contributed by atoms with van der Waals surface area (Å²) in [6.07, 6.45) is 3.25. The molecule has 2 saturated heterocycles. The van der Waals surface area contributed by atoms with Crippen LogP contribution >= 0.6 is 0 Å². The van der Waals surface area contributed by atoms with E-state index in [-0.39, 0.29) is 23.7 Å². The second-order valence-electron chi connectivity index (χ2n) is 8.64. The molecule has 2 aromatic rings. The van der Waals surface area contributed by atoms with E-state index in [4.69, 9.17) is 4.74 Å². The fourth-order valence-corrected chi connectivity index (χ4v) is 4.44. The van der Waals surface area contributed by atoms with Gasteiger partial charge in [-0.3, -0.25) is 14.6 Å². The number of ether oxygens (including phenoxy) is 1. The Bertz CT molecular complexity index is 955. The molecular weight excluding hydrogens is 397 g/mol. The fourth-order valence-electron chi connectivity index (χ4n) is 4.44. The summed E-state index contributed by atoms with van der Waals surface area (Å²) in [6.45, 7) is 6.40. The number of likely N-dealkylation sites (tertiary alicyclic amines) is 1. The Morgan fingerprint density at radius 2 is 1.84 bits per heavy atom. The average molecular weight is 426 g/mol. The fraction of sp³-hybridized carbons (Fsp3) is 0.458. The lowest BCUT2D eigenvalue weighted by atomic mass is 9.82. The van der Waals surface area contributed by atoms with Crippen LogP contribution in [-0.2, 0) is 14.9 Å². The van der Waals surface area contributed by atoms with Gasteiger partial charge in [0.1, 0.15) is 5.82 Å². The number of nitrogens with zero attached hydrogens (tertiary/aromatic N) is 3. The smallest absolute Gasteiger partial charge is 0.255 e. The Labute approximate surface area is 182 Å². The maximum absolute atomic E-state index is 14.4. The summed E-state index contributed by atoms with van der Waals surface area (Å²) in [5.41, 5.74) is 0.701. The van der Waals surface area contributed by atoms with Crippen molar-refractivity contribution >= 4 is 11.8 Å². The van der Waals surface area contributed by atoms with Crippen LogP contribution in [-0.4, -0.2) is 59.4 Å². The van der Waals surface area contributed by atoms with Gasteiger partial charge in [-0.25, -0.2) is 4.39 Å². The Morgan fingerprint density at radius 1 is 1.10 bits per heavy atom. The maximum Gasteiger partial charge on any atom is 0.255 e. The average Bonchev–Trinajstić information content (AvgIpc) is 3.28. The second kappa shape index (κ2) is 8.75. The minimum atomic E-state index is -0.986. The molecule has 0 bridgehead atoms. The van der Waals surface area contributed by atoms with Crippen LogP contribution < -0.4 is 0 Å². The van der Waals surface area contributed by atoms with Gasteiger partial charge in [-0.15, -0.1) is 0 Å². The second-order valence-corrected chi connectivity index (χ2v) is 8.64. The normalized spacial score (nSPS) is 19.5.